The second kappa shape index (κ2) is 8.01. The Balaban J connectivity index is 2.55. The van der Waals surface area contributed by atoms with E-state index in [-0.39, 0.29) is 18.8 Å². The monoisotopic (exact) mass is 351 g/mol. The number of allylic oxidation sites excluding steroid dienone is 1. The first-order valence-electron chi connectivity index (χ1n) is 8.03. The molecule has 1 amide bonds. The van der Waals surface area contributed by atoms with Gasteiger partial charge in [-0.3, -0.25) is 10.1 Å². The van der Waals surface area contributed by atoms with E-state index in [0.717, 1.165) is 0 Å². The van der Waals surface area contributed by atoms with Crippen LogP contribution in [0.5, 0.6) is 0 Å². The van der Waals surface area contributed by atoms with Crippen molar-refractivity contribution in [2.75, 3.05) is 20.2 Å². The van der Waals surface area contributed by atoms with Crippen molar-refractivity contribution in [2.24, 2.45) is 0 Å². The molecule has 1 unspecified atom stereocenters. The van der Waals surface area contributed by atoms with Crippen LogP contribution in [0.3, 0.4) is 0 Å². The van der Waals surface area contributed by atoms with Gasteiger partial charge in [0.25, 0.3) is 0 Å². The van der Waals surface area contributed by atoms with Crippen LogP contribution in [0.4, 0.5) is 4.79 Å². The Morgan fingerprint density at radius 2 is 2.16 bits per heavy atom. The predicted octanol–water partition coefficient (Wildman–Crippen LogP) is 3.03. The fraction of sp³-hybridized carbons (Fsp3) is 0.647. The molecule has 0 saturated heterocycles. The summed E-state index contributed by atoms with van der Waals surface area (Å²) in [5, 5.41) is 20.3. The molecule has 0 aliphatic heterocycles. The van der Waals surface area contributed by atoms with Crippen molar-refractivity contribution in [1.82, 2.24) is 4.90 Å². The van der Waals surface area contributed by atoms with Gasteiger partial charge in [-0.25, -0.2) is 4.79 Å². The van der Waals surface area contributed by atoms with E-state index in [1.165, 1.54) is 24.0 Å². The largest absolute Gasteiger partial charge is 0.492 e. The van der Waals surface area contributed by atoms with Crippen molar-refractivity contribution < 1.29 is 19.2 Å². The van der Waals surface area contributed by atoms with E-state index in [0.29, 0.717) is 18.5 Å². The normalized spacial score (nSPS) is 20.0. The van der Waals surface area contributed by atoms with Gasteiger partial charge in [0.2, 0.25) is 5.54 Å². The van der Waals surface area contributed by atoms with Crippen molar-refractivity contribution in [1.29, 1.82) is 5.26 Å². The number of ether oxygens (including phenoxy) is 2. The topological polar surface area (TPSA) is 106 Å². The molecule has 0 aromatic heterocycles. The minimum Gasteiger partial charge on any atom is -0.492 e. The minimum absolute atomic E-state index is 0.150. The molecule has 0 N–H and O–H groups in total. The Morgan fingerprint density at radius 3 is 2.68 bits per heavy atom. The lowest BCUT2D eigenvalue weighted by Crippen LogP contribution is -2.35. The number of nitro groups is 1. The molecule has 0 spiro atoms. The number of carbonyl (C=O) groups excluding carboxylic acids is 1. The molecule has 8 heteroatoms. The second-order valence-corrected chi connectivity index (χ2v) is 7.16. The molecule has 0 bridgehead atoms. The van der Waals surface area contributed by atoms with Gasteiger partial charge in [0.1, 0.15) is 17.4 Å². The van der Waals surface area contributed by atoms with Gasteiger partial charge in [0.05, 0.1) is 12.2 Å². The Labute approximate surface area is 147 Å². The summed E-state index contributed by atoms with van der Waals surface area (Å²) in [6.45, 7) is 7.49. The molecule has 0 aromatic rings. The smallest absolute Gasteiger partial charge is 0.410 e. The summed E-state index contributed by atoms with van der Waals surface area (Å²) in [6, 6.07) is 1.99. The molecule has 8 nitrogen and oxygen atoms in total. The molecular formula is C17H25N3O5. The number of amides is 1. The standard InChI is InChI=1S/C17H25N3O5/c1-16(2,3)25-15(21)19(5)9-6-10-24-14-11-17(4,20(22)23)8-7-13(14)12-18/h7,11H,6,8-10H2,1-5H3. The molecule has 0 heterocycles. The van der Waals surface area contributed by atoms with Crippen molar-refractivity contribution in [3.05, 3.63) is 33.6 Å². The summed E-state index contributed by atoms with van der Waals surface area (Å²) in [5.41, 5.74) is -1.54. The summed E-state index contributed by atoms with van der Waals surface area (Å²) in [5.74, 6) is 0.216. The molecule has 0 fully saturated rings. The predicted molar refractivity (Wildman–Crippen MR) is 91.2 cm³/mol. The van der Waals surface area contributed by atoms with Gasteiger partial charge >= 0.3 is 6.09 Å². The van der Waals surface area contributed by atoms with Crippen LogP contribution in [0.15, 0.2) is 23.5 Å². The van der Waals surface area contributed by atoms with Crippen LogP contribution in [0, 0.1) is 21.4 Å². The SMILES string of the molecule is CN(CCCOC1=CC(C)([N+](=O)[O-])CC=C1C#N)C(=O)OC(C)(C)C. The summed E-state index contributed by atoms with van der Waals surface area (Å²) >= 11 is 0. The van der Waals surface area contributed by atoms with Crippen LogP contribution in [-0.2, 0) is 9.47 Å². The van der Waals surface area contributed by atoms with Crippen molar-refractivity contribution >= 4 is 6.09 Å². The maximum Gasteiger partial charge on any atom is 0.410 e. The highest BCUT2D eigenvalue weighted by Gasteiger charge is 2.38. The van der Waals surface area contributed by atoms with Crippen molar-refractivity contribution in [2.45, 2.75) is 51.7 Å². The number of hydrogen-bond acceptors (Lipinski definition) is 6. The highest BCUT2D eigenvalue weighted by atomic mass is 16.6. The summed E-state index contributed by atoms with van der Waals surface area (Å²) < 4.78 is 10.8. The first-order chi connectivity index (χ1) is 11.5. The average molecular weight is 351 g/mol. The van der Waals surface area contributed by atoms with Gasteiger partial charge in [-0.05, 0) is 27.2 Å². The van der Waals surface area contributed by atoms with Gasteiger partial charge in [-0.15, -0.1) is 0 Å². The molecule has 0 radical (unpaired) electrons. The van der Waals surface area contributed by atoms with Crippen LogP contribution >= 0.6 is 0 Å². The van der Waals surface area contributed by atoms with Gasteiger partial charge in [-0.2, -0.15) is 5.26 Å². The molecule has 0 saturated carbocycles. The zero-order valence-corrected chi connectivity index (χ0v) is 15.4. The Bertz CT molecular complexity index is 627. The Kier molecular flexibility index (Phi) is 6.56. The fourth-order valence-electron chi connectivity index (χ4n) is 2.09. The molecule has 0 aromatic carbocycles. The zero-order valence-electron chi connectivity index (χ0n) is 15.4. The first-order valence-corrected chi connectivity index (χ1v) is 8.03. The van der Waals surface area contributed by atoms with E-state index in [9.17, 15) is 14.9 Å². The molecule has 1 rings (SSSR count). The number of rotatable bonds is 6. The van der Waals surface area contributed by atoms with Crippen LogP contribution in [0.25, 0.3) is 0 Å². The zero-order chi connectivity index (χ0) is 19.3. The van der Waals surface area contributed by atoms with Crippen LogP contribution in [0.1, 0.15) is 40.5 Å². The molecule has 138 valence electrons. The highest BCUT2D eigenvalue weighted by Crippen LogP contribution is 2.29. The Hall–Kier alpha value is -2.56. The Morgan fingerprint density at radius 1 is 1.52 bits per heavy atom. The third-order valence-electron chi connectivity index (χ3n) is 3.57. The fourth-order valence-corrected chi connectivity index (χ4v) is 2.09. The molecule has 1 aliphatic rings. The van der Waals surface area contributed by atoms with E-state index in [1.54, 1.807) is 27.8 Å². The molecular weight excluding hydrogens is 326 g/mol. The van der Waals surface area contributed by atoms with Gasteiger partial charge in [0, 0.05) is 37.9 Å². The molecule has 1 atom stereocenters. The van der Waals surface area contributed by atoms with Crippen LogP contribution in [-0.4, -0.2) is 47.3 Å². The lowest BCUT2D eigenvalue weighted by Gasteiger charge is -2.25. The first kappa shape index (κ1) is 20.5. The van der Waals surface area contributed by atoms with Crippen LogP contribution in [0.2, 0.25) is 0 Å². The van der Waals surface area contributed by atoms with Crippen molar-refractivity contribution in [3.63, 3.8) is 0 Å². The van der Waals surface area contributed by atoms with E-state index in [2.05, 4.69) is 0 Å². The lowest BCUT2D eigenvalue weighted by atomic mass is 9.90. The minimum atomic E-state index is -1.27. The number of nitriles is 1. The van der Waals surface area contributed by atoms with Gasteiger partial charge < -0.3 is 14.4 Å². The lowest BCUT2D eigenvalue weighted by molar-refractivity contribution is -0.550. The highest BCUT2D eigenvalue weighted by molar-refractivity contribution is 5.67. The number of hydrogen-bond donors (Lipinski definition) is 0. The summed E-state index contributed by atoms with van der Waals surface area (Å²) in [7, 11) is 1.62. The molecule has 1 aliphatic carbocycles. The summed E-state index contributed by atoms with van der Waals surface area (Å²) in [6.07, 6.45) is 3.12. The summed E-state index contributed by atoms with van der Waals surface area (Å²) in [4.78, 5) is 24.0. The number of carbonyl (C=O) groups is 1. The van der Waals surface area contributed by atoms with Gasteiger partial charge in [0.15, 0.2) is 0 Å². The molecule has 25 heavy (non-hydrogen) atoms. The third-order valence-corrected chi connectivity index (χ3v) is 3.57. The van der Waals surface area contributed by atoms with E-state index in [4.69, 9.17) is 14.7 Å². The maximum atomic E-state index is 11.8. The average Bonchev–Trinajstić information content (AvgIpc) is 2.49. The quantitative estimate of drug-likeness (QED) is 0.414. The van der Waals surface area contributed by atoms with Crippen molar-refractivity contribution in [3.8, 4) is 6.07 Å². The second-order valence-electron chi connectivity index (χ2n) is 7.16. The maximum absolute atomic E-state index is 11.8. The van der Waals surface area contributed by atoms with Crippen LogP contribution < -0.4 is 0 Å². The third kappa shape index (κ3) is 6.10. The number of nitrogens with zero attached hydrogens (tertiary/aromatic N) is 3. The van der Waals surface area contributed by atoms with E-state index in [1.807, 2.05) is 6.07 Å². The van der Waals surface area contributed by atoms with Gasteiger partial charge in [-0.1, -0.05) is 6.08 Å². The van der Waals surface area contributed by atoms with E-state index >= 15 is 0 Å². The van der Waals surface area contributed by atoms with E-state index < -0.39 is 22.2 Å².